The number of nitrogens with one attached hydrogen (secondary N) is 1. The molecule has 7 heteroatoms. The smallest absolute Gasteiger partial charge is 0.244 e. The molecule has 0 heterocycles. The summed E-state index contributed by atoms with van der Waals surface area (Å²) in [6.07, 6.45) is 2.18. The van der Waals surface area contributed by atoms with E-state index in [1.165, 1.54) is 4.31 Å². The molecule has 0 saturated heterocycles. The molecule has 2 rings (SSSR count). The molecule has 2 aromatic rings. The van der Waals surface area contributed by atoms with E-state index < -0.39 is 16.1 Å². The summed E-state index contributed by atoms with van der Waals surface area (Å²) < 4.78 is 32.1. The van der Waals surface area contributed by atoms with Crippen LogP contribution in [0.25, 0.3) is 0 Å². The highest BCUT2D eigenvalue weighted by Gasteiger charge is 2.33. The molecule has 0 bridgehead atoms. The van der Waals surface area contributed by atoms with E-state index >= 15 is 0 Å². The van der Waals surface area contributed by atoms with Gasteiger partial charge in [-0.15, -0.1) is 0 Å². The minimum Gasteiger partial charge on any atom is -0.496 e. The zero-order chi connectivity index (χ0) is 23.3. The van der Waals surface area contributed by atoms with Gasteiger partial charge in [-0.25, -0.2) is 8.42 Å². The summed E-state index contributed by atoms with van der Waals surface area (Å²) in [4.78, 5) is 13.3. The van der Waals surface area contributed by atoms with E-state index in [-0.39, 0.29) is 11.9 Å². The van der Waals surface area contributed by atoms with Crippen molar-refractivity contribution in [1.82, 2.24) is 5.32 Å². The van der Waals surface area contributed by atoms with Gasteiger partial charge in [-0.1, -0.05) is 38.1 Å². The van der Waals surface area contributed by atoms with Gasteiger partial charge in [0.15, 0.2) is 0 Å². The maximum Gasteiger partial charge on any atom is 0.244 e. The molecule has 6 nitrogen and oxygen atoms in total. The zero-order valence-corrected chi connectivity index (χ0v) is 20.3. The third-order valence-corrected chi connectivity index (χ3v) is 6.64. The first-order chi connectivity index (χ1) is 14.5. The third kappa shape index (κ3) is 5.79. The van der Waals surface area contributed by atoms with Gasteiger partial charge >= 0.3 is 0 Å². The van der Waals surface area contributed by atoms with Crippen molar-refractivity contribution in [2.45, 2.75) is 59.5 Å². The average Bonchev–Trinajstić information content (AvgIpc) is 2.71. The van der Waals surface area contributed by atoms with Gasteiger partial charge in [0.1, 0.15) is 11.8 Å². The van der Waals surface area contributed by atoms with Crippen molar-refractivity contribution in [2.24, 2.45) is 0 Å². The van der Waals surface area contributed by atoms with Gasteiger partial charge in [-0.3, -0.25) is 9.10 Å². The van der Waals surface area contributed by atoms with Gasteiger partial charge in [0, 0.05) is 0 Å². The first kappa shape index (κ1) is 24.7. The first-order valence-electron chi connectivity index (χ1n) is 10.5. The van der Waals surface area contributed by atoms with Gasteiger partial charge in [0.05, 0.1) is 25.1 Å². The molecule has 2 atom stereocenters. The molecular formula is C24H34N2O4S. The van der Waals surface area contributed by atoms with Crippen LogP contribution in [0.1, 0.15) is 55.0 Å². The molecule has 0 aromatic heterocycles. The highest BCUT2D eigenvalue weighted by molar-refractivity contribution is 7.92. The number of sulfonamides is 1. The van der Waals surface area contributed by atoms with Crippen LogP contribution in [-0.2, 0) is 14.8 Å². The van der Waals surface area contributed by atoms with Crippen LogP contribution >= 0.6 is 0 Å². The van der Waals surface area contributed by atoms with E-state index in [0.717, 1.165) is 34.3 Å². The minimum absolute atomic E-state index is 0.230. The van der Waals surface area contributed by atoms with E-state index in [1.54, 1.807) is 7.11 Å². The van der Waals surface area contributed by atoms with Crippen molar-refractivity contribution < 1.29 is 17.9 Å². The van der Waals surface area contributed by atoms with Crippen molar-refractivity contribution in [3.63, 3.8) is 0 Å². The van der Waals surface area contributed by atoms with Crippen LogP contribution in [0.4, 0.5) is 5.69 Å². The average molecular weight is 447 g/mol. The first-order valence-corrected chi connectivity index (χ1v) is 12.4. The summed E-state index contributed by atoms with van der Waals surface area (Å²) >= 11 is 0. The fraction of sp³-hybridized carbons (Fsp3) is 0.458. The quantitative estimate of drug-likeness (QED) is 0.618. The Hall–Kier alpha value is -2.54. The maximum atomic E-state index is 13.3. The Morgan fingerprint density at radius 2 is 1.71 bits per heavy atom. The molecule has 1 amide bonds. The monoisotopic (exact) mass is 446 g/mol. The number of amides is 1. The van der Waals surface area contributed by atoms with Crippen LogP contribution in [0, 0.1) is 20.8 Å². The number of ether oxygens (including phenoxy) is 1. The molecule has 0 saturated carbocycles. The summed E-state index contributed by atoms with van der Waals surface area (Å²) in [6.45, 7) is 9.53. The SMILES string of the molecule is CC[C@H](NC(=O)[C@@H](CC)N(c1cc(C)ccc1C)S(C)(=O)=O)c1ccc(OC)c(C)c1. The Bertz CT molecular complexity index is 1030. The van der Waals surface area contributed by atoms with Crippen molar-refractivity contribution in [3.05, 3.63) is 58.7 Å². The number of benzene rings is 2. The maximum absolute atomic E-state index is 13.3. The van der Waals surface area contributed by atoms with Gasteiger partial charge in [-0.2, -0.15) is 0 Å². The number of methoxy groups -OCH3 is 1. The lowest BCUT2D eigenvalue weighted by molar-refractivity contribution is -0.123. The van der Waals surface area contributed by atoms with E-state index in [4.69, 9.17) is 4.74 Å². The van der Waals surface area contributed by atoms with Gasteiger partial charge < -0.3 is 10.1 Å². The summed E-state index contributed by atoms with van der Waals surface area (Å²) in [7, 11) is -2.06. The number of aryl methyl sites for hydroxylation is 3. The van der Waals surface area contributed by atoms with Gasteiger partial charge in [0.2, 0.25) is 15.9 Å². The highest BCUT2D eigenvalue weighted by Crippen LogP contribution is 2.29. The second kappa shape index (κ2) is 10.2. The van der Waals surface area contributed by atoms with Crippen LogP contribution in [0.5, 0.6) is 5.75 Å². The molecule has 0 radical (unpaired) electrons. The van der Waals surface area contributed by atoms with Crippen molar-refractivity contribution >= 4 is 21.6 Å². The molecule has 2 aromatic carbocycles. The Labute approximate surface area is 186 Å². The minimum atomic E-state index is -3.68. The Morgan fingerprint density at radius 1 is 1.03 bits per heavy atom. The molecule has 0 aliphatic carbocycles. The Morgan fingerprint density at radius 3 is 2.23 bits per heavy atom. The summed E-state index contributed by atoms with van der Waals surface area (Å²) in [5.74, 6) is 0.476. The number of carbonyl (C=O) groups is 1. The summed E-state index contributed by atoms with van der Waals surface area (Å²) in [6, 6.07) is 10.4. The highest BCUT2D eigenvalue weighted by atomic mass is 32.2. The Kier molecular flexibility index (Phi) is 8.12. The predicted octanol–water partition coefficient (Wildman–Crippen LogP) is 4.43. The topological polar surface area (TPSA) is 75.7 Å². The molecule has 0 fully saturated rings. The van der Waals surface area contributed by atoms with Gasteiger partial charge in [-0.05, 0) is 68.0 Å². The number of anilines is 1. The Balaban J connectivity index is 2.41. The van der Waals surface area contributed by atoms with Crippen molar-refractivity contribution in [3.8, 4) is 5.75 Å². The molecular weight excluding hydrogens is 412 g/mol. The zero-order valence-electron chi connectivity index (χ0n) is 19.5. The molecule has 31 heavy (non-hydrogen) atoms. The second-order valence-electron chi connectivity index (χ2n) is 7.97. The fourth-order valence-electron chi connectivity index (χ4n) is 3.80. The summed E-state index contributed by atoms with van der Waals surface area (Å²) in [5, 5.41) is 3.07. The van der Waals surface area contributed by atoms with E-state index in [0.29, 0.717) is 18.5 Å². The second-order valence-corrected chi connectivity index (χ2v) is 9.83. The molecule has 0 spiro atoms. The molecule has 1 N–H and O–H groups in total. The van der Waals surface area contributed by atoms with E-state index in [2.05, 4.69) is 5.32 Å². The number of hydrogen-bond donors (Lipinski definition) is 1. The van der Waals surface area contributed by atoms with Crippen LogP contribution in [0.3, 0.4) is 0 Å². The number of carbonyl (C=O) groups excluding carboxylic acids is 1. The number of rotatable bonds is 9. The van der Waals surface area contributed by atoms with Crippen molar-refractivity contribution in [2.75, 3.05) is 17.7 Å². The molecule has 0 aliphatic rings. The lowest BCUT2D eigenvalue weighted by Crippen LogP contribution is -2.50. The number of hydrogen-bond acceptors (Lipinski definition) is 4. The van der Waals surface area contributed by atoms with Crippen LogP contribution in [-0.4, -0.2) is 33.7 Å². The molecule has 0 aliphatic heterocycles. The van der Waals surface area contributed by atoms with Crippen LogP contribution in [0.2, 0.25) is 0 Å². The predicted molar refractivity (Wildman–Crippen MR) is 126 cm³/mol. The lowest BCUT2D eigenvalue weighted by Gasteiger charge is -2.32. The largest absolute Gasteiger partial charge is 0.496 e. The molecule has 170 valence electrons. The third-order valence-electron chi connectivity index (χ3n) is 5.48. The van der Waals surface area contributed by atoms with Gasteiger partial charge in [0.25, 0.3) is 0 Å². The van der Waals surface area contributed by atoms with Crippen molar-refractivity contribution in [1.29, 1.82) is 0 Å². The van der Waals surface area contributed by atoms with Crippen LogP contribution in [0.15, 0.2) is 36.4 Å². The van der Waals surface area contributed by atoms with E-state index in [1.807, 2.05) is 71.0 Å². The lowest BCUT2D eigenvalue weighted by atomic mass is 10.0. The fourth-order valence-corrected chi connectivity index (χ4v) is 5.06. The summed E-state index contributed by atoms with van der Waals surface area (Å²) in [5.41, 5.74) is 4.22. The normalized spacial score (nSPS) is 13.4. The van der Waals surface area contributed by atoms with E-state index in [9.17, 15) is 13.2 Å². The standard InChI is InChI=1S/C24H34N2O4S/c1-8-20(19-12-13-23(30-6)18(5)15-19)25-24(27)21(9-2)26(31(7,28)29)22-14-16(3)10-11-17(22)4/h10-15,20-21H,8-9H2,1-7H3,(H,25,27)/t20-,21+/m0/s1. The molecule has 0 unspecified atom stereocenters. The van der Waals surface area contributed by atoms with Crippen LogP contribution < -0.4 is 14.4 Å². The number of nitrogens with zero attached hydrogens (tertiary/aromatic N) is 1.